The second-order valence-corrected chi connectivity index (χ2v) is 6.20. The van der Waals surface area contributed by atoms with E-state index in [2.05, 4.69) is 10.3 Å². The summed E-state index contributed by atoms with van der Waals surface area (Å²) in [6.07, 6.45) is -1.26. The number of halogens is 3. The minimum Gasteiger partial charge on any atom is -0.398 e. The first-order valence-corrected chi connectivity index (χ1v) is 8.12. The van der Waals surface area contributed by atoms with Gasteiger partial charge in [0.1, 0.15) is 0 Å². The molecule has 3 N–H and O–H groups in total. The number of hydrogen-bond donors (Lipinski definition) is 2. The lowest BCUT2D eigenvalue weighted by Crippen LogP contribution is -2.24. The van der Waals surface area contributed by atoms with Gasteiger partial charge in [-0.15, -0.1) is 11.8 Å². The molecular weight excluding hydrogens is 339 g/mol. The molecule has 2 aromatic rings. The van der Waals surface area contributed by atoms with E-state index in [9.17, 15) is 18.0 Å². The van der Waals surface area contributed by atoms with Crippen LogP contribution in [0.15, 0.2) is 41.6 Å². The van der Waals surface area contributed by atoms with Gasteiger partial charge in [0.05, 0.1) is 11.1 Å². The van der Waals surface area contributed by atoms with E-state index >= 15 is 0 Å². The molecule has 24 heavy (non-hydrogen) atoms. The monoisotopic (exact) mass is 355 g/mol. The van der Waals surface area contributed by atoms with Crippen LogP contribution in [0.4, 0.5) is 18.9 Å². The molecule has 0 bridgehead atoms. The number of carbonyl (C=O) groups is 1. The van der Waals surface area contributed by atoms with Gasteiger partial charge >= 0.3 is 6.18 Å². The second kappa shape index (κ2) is 7.57. The SMILES string of the molecule is CCSc1ccncc1CNC(=O)c1cc(C(F)(F)F)ccc1N. The van der Waals surface area contributed by atoms with E-state index in [1.165, 1.54) is 0 Å². The Morgan fingerprint density at radius 3 is 2.75 bits per heavy atom. The first-order valence-electron chi connectivity index (χ1n) is 7.13. The first kappa shape index (κ1) is 18.1. The highest BCUT2D eigenvalue weighted by atomic mass is 32.2. The van der Waals surface area contributed by atoms with E-state index in [4.69, 9.17) is 5.73 Å². The highest BCUT2D eigenvalue weighted by Crippen LogP contribution is 2.31. The third-order valence-electron chi connectivity index (χ3n) is 3.22. The van der Waals surface area contributed by atoms with Crippen LogP contribution in [-0.2, 0) is 12.7 Å². The number of nitrogens with zero attached hydrogens (tertiary/aromatic N) is 1. The van der Waals surface area contributed by atoms with Crippen molar-refractivity contribution in [2.75, 3.05) is 11.5 Å². The summed E-state index contributed by atoms with van der Waals surface area (Å²) in [5.41, 5.74) is 5.32. The predicted molar refractivity (Wildman–Crippen MR) is 87.7 cm³/mol. The molecule has 1 aromatic carbocycles. The zero-order chi connectivity index (χ0) is 17.7. The molecule has 1 amide bonds. The quantitative estimate of drug-likeness (QED) is 0.634. The Morgan fingerprint density at radius 1 is 1.33 bits per heavy atom. The van der Waals surface area contributed by atoms with E-state index in [1.54, 1.807) is 24.2 Å². The lowest BCUT2D eigenvalue weighted by Gasteiger charge is -2.12. The van der Waals surface area contributed by atoms with Crippen LogP contribution in [0.3, 0.4) is 0 Å². The van der Waals surface area contributed by atoms with E-state index in [1.807, 2.05) is 13.0 Å². The number of alkyl halides is 3. The maximum atomic E-state index is 12.8. The van der Waals surface area contributed by atoms with Gasteiger partial charge in [-0.1, -0.05) is 6.92 Å². The van der Waals surface area contributed by atoms with E-state index < -0.39 is 17.6 Å². The Hall–Kier alpha value is -2.22. The first-order chi connectivity index (χ1) is 11.3. The van der Waals surface area contributed by atoms with Gasteiger partial charge in [0.15, 0.2) is 0 Å². The fourth-order valence-electron chi connectivity index (χ4n) is 2.04. The van der Waals surface area contributed by atoms with Crippen molar-refractivity contribution in [1.29, 1.82) is 0 Å². The number of nitrogens with two attached hydrogens (primary N) is 1. The number of nitrogen functional groups attached to an aromatic ring is 1. The molecule has 0 aliphatic carbocycles. The molecule has 8 heteroatoms. The fraction of sp³-hybridized carbons (Fsp3) is 0.250. The molecule has 0 spiro atoms. The normalized spacial score (nSPS) is 11.3. The number of aromatic nitrogens is 1. The molecule has 0 radical (unpaired) electrons. The van der Waals surface area contributed by atoms with Crippen LogP contribution in [0.25, 0.3) is 0 Å². The Bertz CT molecular complexity index is 735. The Morgan fingerprint density at radius 2 is 2.08 bits per heavy atom. The number of carbonyl (C=O) groups excluding carboxylic acids is 1. The third-order valence-corrected chi connectivity index (χ3v) is 4.22. The summed E-state index contributed by atoms with van der Waals surface area (Å²) >= 11 is 1.59. The fourth-order valence-corrected chi connectivity index (χ4v) is 2.82. The molecule has 0 saturated heterocycles. The average Bonchev–Trinajstić information content (AvgIpc) is 2.53. The zero-order valence-corrected chi connectivity index (χ0v) is 13.7. The maximum absolute atomic E-state index is 12.8. The van der Waals surface area contributed by atoms with Gasteiger partial charge in [-0.2, -0.15) is 13.2 Å². The van der Waals surface area contributed by atoms with Crippen molar-refractivity contribution in [3.8, 4) is 0 Å². The van der Waals surface area contributed by atoms with Crippen molar-refractivity contribution in [3.05, 3.63) is 53.3 Å². The van der Waals surface area contributed by atoms with Gasteiger partial charge < -0.3 is 11.1 Å². The summed E-state index contributed by atoms with van der Waals surface area (Å²) in [5.74, 6) is 0.195. The zero-order valence-electron chi connectivity index (χ0n) is 12.9. The summed E-state index contributed by atoms with van der Waals surface area (Å²) in [6, 6.07) is 4.52. The Kier molecular flexibility index (Phi) is 5.71. The lowest BCUT2D eigenvalue weighted by atomic mass is 10.1. The lowest BCUT2D eigenvalue weighted by molar-refractivity contribution is -0.137. The summed E-state index contributed by atoms with van der Waals surface area (Å²) in [5, 5.41) is 2.59. The smallest absolute Gasteiger partial charge is 0.398 e. The van der Waals surface area contributed by atoms with Crippen LogP contribution in [0.1, 0.15) is 28.4 Å². The topological polar surface area (TPSA) is 68.0 Å². The molecule has 1 aromatic heterocycles. The minimum absolute atomic E-state index is 0.00477. The van der Waals surface area contributed by atoms with Crippen LogP contribution >= 0.6 is 11.8 Å². The van der Waals surface area contributed by atoms with Crippen LogP contribution in [-0.4, -0.2) is 16.6 Å². The Balaban J connectivity index is 2.16. The number of rotatable bonds is 5. The number of nitrogens with one attached hydrogen (secondary N) is 1. The van der Waals surface area contributed by atoms with Crippen LogP contribution < -0.4 is 11.1 Å². The standard InChI is InChI=1S/C16H16F3N3OS/c1-2-24-14-5-6-21-8-10(14)9-22-15(23)12-7-11(16(17,18)19)3-4-13(12)20/h3-8H,2,9,20H2,1H3,(H,22,23). The molecule has 128 valence electrons. The summed E-state index contributed by atoms with van der Waals surface area (Å²) in [7, 11) is 0. The largest absolute Gasteiger partial charge is 0.416 e. The number of amides is 1. The van der Waals surface area contributed by atoms with Gasteiger partial charge in [-0.05, 0) is 30.0 Å². The van der Waals surface area contributed by atoms with Gasteiger partial charge in [0, 0.05) is 35.1 Å². The Labute approximate surface area is 141 Å². The van der Waals surface area contributed by atoms with Gasteiger partial charge in [0.2, 0.25) is 0 Å². The molecule has 0 unspecified atom stereocenters. The van der Waals surface area contributed by atoms with E-state index in [-0.39, 0.29) is 17.8 Å². The molecular formula is C16H16F3N3OS. The molecule has 2 rings (SSSR count). The van der Waals surface area contributed by atoms with Crippen molar-refractivity contribution < 1.29 is 18.0 Å². The maximum Gasteiger partial charge on any atom is 0.416 e. The number of anilines is 1. The van der Waals surface area contributed by atoms with Crippen molar-refractivity contribution in [1.82, 2.24) is 10.3 Å². The summed E-state index contributed by atoms with van der Waals surface area (Å²) in [6.45, 7) is 2.15. The van der Waals surface area contributed by atoms with Gasteiger partial charge in [-0.3, -0.25) is 9.78 Å². The summed E-state index contributed by atoms with van der Waals surface area (Å²) in [4.78, 5) is 17.2. The molecule has 4 nitrogen and oxygen atoms in total. The number of thioether (sulfide) groups is 1. The van der Waals surface area contributed by atoms with Crippen molar-refractivity contribution in [2.24, 2.45) is 0 Å². The number of hydrogen-bond acceptors (Lipinski definition) is 4. The molecule has 0 saturated carbocycles. The van der Waals surface area contributed by atoms with Gasteiger partial charge in [-0.25, -0.2) is 0 Å². The molecule has 0 fully saturated rings. The summed E-state index contributed by atoms with van der Waals surface area (Å²) < 4.78 is 38.3. The van der Waals surface area contributed by atoms with E-state index in [0.29, 0.717) is 0 Å². The van der Waals surface area contributed by atoms with Crippen LogP contribution in [0.2, 0.25) is 0 Å². The van der Waals surface area contributed by atoms with E-state index in [0.717, 1.165) is 34.4 Å². The number of benzene rings is 1. The highest BCUT2D eigenvalue weighted by molar-refractivity contribution is 7.99. The van der Waals surface area contributed by atoms with Crippen molar-refractivity contribution in [3.63, 3.8) is 0 Å². The molecule has 0 atom stereocenters. The van der Waals surface area contributed by atoms with Crippen LogP contribution in [0, 0.1) is 0 Å². The molecule has 0 aliphatic heterocycles. The second-order valence-electron chi connectivity index (χ2n) is 4.90. The minimum atomic E-state index is -4.53. The predicted octanol–water partition coefficient (Wildman–Crippen LogP) is 3.72. The van der Waals surface area contributed by atoms with Crippen molar-refractivity contribution in [2.45, 2.75) is 24.5 Å². The third kappa shape index (κ3) is 4.41. The molecule has 0 aliphatic rings. The molecule has 1 heterocycles. The van der Waals surface area contributed by atoms with Crippen molar-refractivity contribution >= 4 is 23.4 Å². The van der Waals surface area contributed by atoms with Crippen LogP contribution in [0.5, 0.6) is 0 Å². The average molecular weight is 355 g/mol. The highest BCUT2D eigenvalue weighted by Gasteiger charge is 2.31. The number of pyridine rings is 1. The van der Waals surface area contributed by atoms with Gasteiger partial charge in [0.25, 0.3) is 5.91 Å².